The zero-order valence-corrected chi connectivity index (χ0v) is 18.6. The molecule has 9 heteroatoms. The van der Waals surface area contributed by atoms with Crippen LogP contribution in [0.4, 0.5) is 4.39 Å². The van der Waals surface area contributed by atoms with E-state index in [0.29, 0.717) is 29.1 Å². The van der Waals surface area contributed by atoms with Crippen LogP contribution in [0.15, 0.2) is 27.8 Å². The summed E-state index contributed by atoms with van der Waals surface area (Å²) in [6.07, 6.45) is 5.18. The second-order valence-electron chi connectivity index (χ2n) is 7.87. The Labute approximate surface area is 185 Å². The SMILES string of the molecule is CCn1c(=O)c2c(nc(/C=C/c3ccc(OC4CCNCC4)c(F)c3)n2C)n(CC)c1=O. The summed E-state index contributed by atoms with van der Waals surface area (Å²) < 4.78 is 24.7. The molecule has 1 fully saturated rings. The Bertz CT molecular complexity index is 1280. The van der Waals surface area contributed by atoms with E-state index in [1.54, 1.807) is 42.8 Å². The van der Waals surface area contributed by atoms with Crippen molar-refractivity contribution in [2.24, 2.45) is 7.05 Å². The van der Waals surface area contributed by atoms with Gasteiger partial charge in [-0.2, -0.15) is 0 Å². The van der Waals surface area contributed by atoms with Crippen LogP contribution in [0.1, 0.15) is 38.1 Å². The molecule has 1 N–H and O–H groups in total. The molecule has 0 spiro atoms. The third-order valence-electron chi connectivity index (χ3n) is 5.87. The lowest BCUT2D eigenvalue weighted by Gasteiger charge is -2.24. The van der Waals surface area contributed by atoms with Gasteiger partial charge in [-0.1, -0.05) is 12.1 Å². The Morgan fingerprint density at radius 3 is 2.53 bits per heavy atom. The van der Waals surface area contributed by atoms with Gasteiger partial charge in [0.25, 0.3) is 5.56 Å². The maximum atomic E-state index is 14.6. The van der Waals surface area contributed by atoms with E-state index in [1.807, 2.05) is 6.92 Å². The number of piperidine rings is 1. The van der Waals surface area contributed by atoms with Crippen LogP contribution in [0.2, 0.25) is 0 Å². The molecular weight excluding hydrogens is 413 g/mol. The molecule has 8 nitrogen and oxygen atoms in total. The lowest BCUT2D eigenvalue weighted by Crippen LogP contribution is -2.39. The molecule has 1 saturated heterocycles. The van der Waals surface area contributed by atoms with E-state index in [0.717, 1.165) is 25.9 Å². The number of halogens is 1. The lowest BCUT2D eigenvalue weighted by atomic mass is 10.1. The molecule has 1 aliphatic rings. The van der Waals surface area contributed by atoms with Crippen LogP contribution < -0.4 is 21.3 Å². The lowest BCUT2D eigenvalue weighted by molar-refractivity contribution is 0.156. The first-order valence-corrected chi connectivity index (χ1v) is 11.0. The van der Waals surface area contributed by atoms with Crippen LogP contribution in [0.25, 0.3) is 23.3 Å². The fraction of sp³-hybridized carbons (Fsp3) is 0.435. The molecule has 170 valence electrons. The normalized spacial score (nSPS) is 15.1. The zero-order chi connectivity index (χ0) is 22.8. The molecule has 0 saturated carbocycles. The molecule has 0 radical (unpaired) electrons. The Kier molecular flexibility index (Phi) is 6.27. The largest absolute Gasteiger partial charge is 0.487 e. The van der Waals surface area contributed by atoms with E-state index < -0.39 is 5.82 Å². The van der Waals surface area contributed by atoms with Crippen LogP contribution in [-0.4, -0.2) is 37.9 Å². The van der Waals surface area contributed by atoms with Crippen LogP contribution in [0, 0.1) is 5.82 Å². The van der Waals surface area contributed by atoms with Gasteiger partial charge in [0.05, 0.1) is 0 Å². The number of benzene rings is 1. The van der Waals surface area contributed by atoms with Gasteiger partial charge in [0.1, 0.15) is 11.9 Å². The van der Waals surface area contributed by atoms with Crippen molar-refractivity contribution < 1.29 is 9.13 Å². The average molecular weight is 442 g/mol. The molecule has 4 rings (SSSR count). The summed E-state index contributed by atoms with van der Waals surface area (Å²) in [5.41, 5.74) is 0.631. The predicted octanol–water partition coefficient (Wildman–Crippen LogP) is 2.38. The average Bonchev–Trinajstić information content (AvgIpc) is 3.11. The number of ether oxygens (including phenoxy) is 1. The molecule has 3 heterocycles. The van der Waals surface area contributed by atoms with Crippen molar-refractivity contribution in [1.29, 1.82) is 0 Å². The number of aryl methyl sites for hydroxylation is 2. The number of hydrogen-bond donors (Lipinski definition) is 1. The van der Waals surface area contributed by atoms with Crippen LogP contribution in [-0.2, 0) is 20.1 Å². The first-order chi connectivity index (χ1) is 15.4. The molecule has 1 aromatic carbocycles. The highest BCUT2D eigenvalue weighted by Gasteiger charge is 2.18. The van der Waals surface area contributed by atoms with E-state index >= 15 is 0 Å². The summed E-state index contributed by atoms with van der Waals surface area (Å²) in [6, 6.07) is 4.84. The molecule has 0 bridgehead atoms. The number of imidazole rings is 1. The van der Waals surface area contributed by atoms with Gasteiger partial charge < -0.3 is 14.6 Å². The molecule has 1 aliphatic heterocycles. The fourth-order valence-electron chi connectivity index (χ4n) is 4.07. The Balaban J connectivity index is 1.65. The number of nitrogens with one attached hydrogen (secondary N) is 1. The summed E-state index contributed by atoms with van der Waals surface area (Å²) in [7, 11) is 1.73. The summed E-state index contributed by atoms with van der Waals surface area (Å²) >= 11 is 0. The van der Waals surface area contributed by atoms with Gasteiger partial charge in [-0.05, 0) is 63.6 Å². The van der Waals surface area contributed by atoms with Gasteiger partial charge in [-0.25, -0.2) is 14.2 Å². The maximum absolute atomic E-state index is 14.6. The van der Waals surface area contributed by atoms with Crippen molar-refractivity contribution in [2.45, 2.75) is 45.9 Å². The number of fused-ring (bicyclic) bond motifs is 1. The molecule has 0 amide bonds. The smallest absolute Gasteiger partial charge is 0.332 e. The highest BCUT2D eigenvalue weighted by atomic mass is 19.1. The highest BCUT2D eigenvalue weighted by Crippen LogP contribution is 2.23. The Hall–Kier alpha value is -3.20. The second kappa shape index (κ2) is 9.12. The van der Waals surface area contributed by atoms with Gasteiger partial charge in [-0.15, -0.1) is 0 Å². The first kappa shape index (κ1) is 22.0. The topological polar surface area (TPSA) is 83.1 Å². The number of aromatic nitrogens is 4. The van der Waals surface area contributed by atoms with E-state index in [2.05, 4.69) is 10.3 Å². The summed E-state index contributed by atoms with van der Waals surface area (Å²) in [5, 5.41) is 3.26. The summed E-state index contributed by atoms with van der Waals surface area (Å²) in [6.45, 7) is 6.04. The van der Waals surface area contributed by atoms with E-state index in [9.17, 15) is 14.0 Å². The van der Waals surface area contributed by atoms with Gasteiger partial charge in [-0.3, -0.25) is 13.9 Å². The van der Waals surface area contributed by atoms with Gasteiger partial charge >= 0.3 is 5.69 Å². The van der Waals surface area contributed by atoms with Crippen molar-refractivity contribution in [3.63, 3.8) is 0 Å². The van der Waals surface area contributed by atoms with Crippen molar-refractivity contribution >= 4 is 23.3 Å². The third-order valence-corrected chi connectivity index (χ3v) is 5.87. The molecule has 0 atom stereocenters. The monoisotopic (exact) mass is 441 g/mol. The van der Waals surface area contributed by atoms with Crippen molar-refractivity contribution in [3.05, 3.63) is 56.2 Å². The standard InChI is InChI=1S/C23H28FN5O3/c1-4-28-21-20(22(30)29(5-2)23(28)31)27(3)19(26-21)9-7-15-6-8-18(17(24)14-15)32-16-10-12-25-13-11-16/h6-9,14,16,25H,4-5,10-13H2,1-3H3/b9-7+. The van der Waals surface area contributed by atoms with Gasteiger partial charge in [0, 0.05) is 20.1 Å². The van der Waals surface area contributed by atoms with E-state index in [-0.39, 0.29) is 29.6 Å². The molecule has 0 aliphatic carbocycles. The van der Waals surface area contributed by atoms with Crippen molar-refractivity contribution in [2.75, 3.05) is 13.1 Å². The van der Waals surface area contributed by atoms with E-state index in [1.165, 1.54) is 15.2 Å². The number of nitrogens with zero attached hydrogens (tertiary/aromatic N) is 4. The molecule has 32 heavy (non-hydrogen) atoms. The Morgan fingerprint density at radius 2 is 1.88 bits per heavy atom. The molecule has 3 aromatic rings. The first-order valence-electron chi connectivity index (χ1n) is 11.0. The maximum Gasteiger partial charge on any atom is 0.332 e. The minimum absolute atomic E-state index is 0.0236. The second-order valence-corrected chi connectivity index (χ2v) is 7.87. The minimum atomic E-state index is -0.415. The number of rotatable bonds is 6. The summed E-state index contributed by atoms with van der Waals surface area (Å²) in [5.74, 6) is 0.341. The summed E-state index contributed by atoms with van der Waals surface area (Å²) in [4.78, 5) is 29.9. The van der Waals surface area contributed by atoms with Crippen molar-refractivity contribution in [1.82, 2.24) is 24.0 Å². The van der Waals surface area contributed by atoms with Gasteiger partial charge in [0.15, 0.2) is 22.7 Å². The van der Waals surface area contributed by atoms with Crippen LogP contribution in [0.3, 0.4) is 0 Å². The fourth-order valence-corrected chi connectivity index (χ4v) is 4.07. The quantitative estimate of drug-likeness (QED) is 0.635. The molecular formula is C23H28FN5O3. The number of hydrogen-bond acceptors (Lipinski definition) is 5. The van der Waals surface area contributed by atoms with Gasteiger partial charge in [0.2, 0.25) is 0 Å². The molecule has 0 unspecified atom stereocenters. The minimum Gasteiger partial charge on any atom is -0.487 e. The molecule has 2 aromatic heterocycles. The van der Waals surface area contributed by atoms with Crippen LogP contribution in [0.5, 0.6) is 5.75 Å². The van der Waals surface area contributed by atoms with Crippen LogP contribution >= 0.6 is 0 Å². The van der Waals surface area contributed by atoms with Crippen molar-refractivity contribution in [3.8, 4) is 5.75 Å². The van der Waals surface area contributed by atoms with E-state index in [4.69, 9.17) is 4.74 Å². The highest BCUT2D eigenvalue weighted by molar-refractivity contribution is 5.76. The Morgan fingerprint density at radius 1 is 1.16 bits per heavy atom. The predicted molar refractivity (Wildman–Crippen MR) is 122 cm³/mol. The zero-order valence-electron chi connectivity index (χ0n) is 18.6. The third kappa shape index (κ3) is 4.00.